The van der Waals surface area contributed by atoms with E-state index < -0.39 is 37.4 Å². The normalized spacial score (nSPS) is 16.6. The summed E-state index contributed by atoms with van der Waals surface area (Å²) in [7, 11) is -5.49. The molecule has 0 aromatic heterocycles. The Kier molecular flexibility index (Phi) is 14.7. The zero-order valence-corrected chi connectivity index (χ0v) is 34.8. The predicted molar refractivity (Wildman–Crippen MR) is 224 cm³/mol. The fraction of sp³-hybridized carbons (Fsp3) is 0.349. The second kappa shape index (κ2) is 19.2. The maximum absolute atomic E-state index is 12.2. The second-order valence-electron chi connectivity index (χ2n) is 14.3. The third-order valence-electron chi connectivity index (χ3n) is 10.3. The molecule has 0 fully saturated rings. The molecule has 310 valence electrons. The van der Waals surface area contributed by atoms with Crippen LogP contribution in [0.15, 0.2) is 106 Å². The number of carbonyl (C=O) groups is 1. The first-order valence-corrected chi connectivity index (χ1v) is 21.9. The summed E-state index contributed by atoms with van der Waals surface area (Å²) < 4.78 is 86.6. The van der Waals surface area contributed by atoms with Gasteiger partial charge in [0.05, 0.1) is 16.7 Å². The molecule has 2 aliphatic heterocycles. The Morgan fingerprint density at radius 3 is 2.26 bits per heavy atom. The van der Waals surface area contributed by atoms with Gasteiger partial charge in [-0.3, -0.25) is 13.9 Å². The van der Waals surface area contributed by atoms with Crippen LogP contribution in [0.5, 0.6) is 0 Å². The molecule has 3 N–H and O–H groups in total. The number of methoxy groups -OCH3 is 2. The van der Waals surface area contributed by atoms with Crippen molar-refractivity contribution >= 4 is 38.0 Å². The number of nitrogens with zero attached hydrogens (tertiary/aromatic N) is 2. The van der Waals surface area contributed by atoms with Crippen LogP contribution >= 0.6 is 0 Å². The first-order valence-electron chi connectivity index (χ1n) is 18.9. The highest BCUT2D eigenvalue weighted by Gasteiger charge is 2.43. The molecule has 0 amide bonds. The minimum atomic E-state index is -4.57. The summed E-state index contributed by atoms with van der Waals surface area (Å²) in [6, 6.07) is 20.2. The Hall–Kier alpha value is -4.90. The van der Waals surface area contributed by atoms with Crippen LogP contribution in [0, 0.1) is 6.92 Å². The van der Waals surface area contributed by atoms with Crippen molar-refractivity contribution in [3.05, 3.63) is 119 Å². The highest BCUT2D eigenvalue weighted by atomic mass is 32.2. The largest absolute Gasteiger partial charge is 0.481 e. The molecule has 5 rings (SSSR count). The van der Waals surface area contributed by atoms with Gasteiger partial charge in [0.1, 0.15) is 24.7 Å². The van der Waals surface area contributed by atoms with Crippen molar-refractivity contribution in [1.29, 1.82) is 0 Å². The van der Waals surface area contributed by atoms with Crippen LogP contribution in [0.25, 0.3) is 28.7 Å². The average molecular weight is 836 g/mol. The lowest BCUT2D eigenvalue weighted by atomic mass is 9.77. The monoisotopic (exact) mass is 835 g/mol. The molecule has 13 nitrogen and oxygen atoms in total. The number of carboxylic acid groups (broad SMARTS) is 1. The molecule has 2 aromatic carbocycles. The number of fused-ring (bicyclic) bond motifs is 2. The molecule has 2 aromatic rings. The standard InChI is InChI=1S/C43H50N2O11S2/c1-31-35(36-20-18-33(44(24-26-54-3)25-27-55-4)29-39(36)56-42(31)32-13-7-5-8-14-32)15-9-6-10-16-40-43(2,22-11-17-41(46)47)37-30-34(58(51,52)53)19-21-38(37)45(40)23-12-28-57(48,49)50/h5-10,13-16,18-21,29-30H,11-12,17,22-28H2,1-4H3,(H2-,46,47,48,49,50,51,52,53)/p+1. The van der Waals surface area contributed by atoms with Crippen molar-refractivity contribution in [2.24, 2.45) is 0 Å². The van der Waals surface area contributed by atoms with E-state index in [2.05, 4.69) is 10.6 Å². The van der Waals surface area contributed by atoms with Gasteiger partial charge >= 0.3 is 5.97 Å². The molecule has 1 aliphatic carbocycles. The molecule has 15 heteroatoms. The van der Waals surface area contributed by atoms with E-state index in [-0.39, 0.29) is 30.7 Å². The van der Waals surface area contributed by atoms with Crippen molar-refractivity contribution in [1.82, 2.24) is 4.58 Å². The molecular weight excluding hydrogens is 785 g/mol. The topological polar surface area (TPSA) is 184 Å². The van der Waals surface area contributed by atoms with Gasteiger partial charge in [-0.15, -0.1) is 0 Å². The summed E-state index contributed by atoms with van der Waals surface area (Å²) in [4.78, 5) is 13.1. The third-order valence-corrected chi connectivity index (χ3v) is 12.0. The van der Waals surface area contributed by atoms with E-state index in [1.807, 2.05) is 91.6 Å². The lowest BCUT2D eigenvalue weighted by Crippen LogP contribution is -2.35. The number of benzene rings is 3. The van der Waals surface area contributed by atoms with Crippen LogP contribution < -0.4 is 14.8 Å². The number of ether oxygens (including phenoxy) is 2. The van der Waals surface area contributed by atoms with E-state index in [0.29, 0.717) is 55.4 Å². The first-order chi connectivity index (χ1) is 27.6. The Labute approximate surface area is 340 Å². The molecule has 0 radical (unpaired) electrons. The number of rotatable bonds is 19. The highest BCUT2D eigenvalue weighted by molar-refractivity contribution is 7.86. The van der Waals surface area contributed by atoms with Gasteiger partial charge < -0.3 is 23.9 Å². The van der Waals surface area contributed by atoms with E-state index in [1.54, 1.807) is 20.3 Å². The van der Waals surface area contributed by atoms with Gasteiger partial charge in [-0.1, -0.05) is 54.6 Å². The summed E-state index contributed by atoms with van der Waals surface area (Å²) in [5.74, 6) is -0.0581. The van der Waals surface area contributed by atoms with Gasteiger partial charge in [0, 0.05) is 66.7 Å². The average Bonchev–Trinajstić information content (AvgIpc) is 3.40. The van der Waals surface area contributed by atoms with Crippen LogP contribution in [-0.2, 0) is 39.9 Å². The Balaban J connectivity index is 1.60. The lowest BCUT2D eigenvalue weighted by Gasteiger charge is -2.30. The Bertz CT molecular complexity index is 2440. The lowest BCUT2D eigenvalue weighted by molar-refractivity contribution is -0.137. The second-order valence-corrected chi connectivity index (χ2v) is 17.3. The number of allylic oxidation sites excluding steroid dienone is 5. The smallest absolute Gasteiger partial charge is 0.303 e. The maximum atomic E-state index is 12.2. The molecule has 0 bridgehead atoms. The summed E-state index contributed by atoms with van der Waals surface area (Å²) in [6.45, 7) is 6.45. The summed E-state index contributed by atoms with van der Waals surface area (Å²) in [5.41, 5.74) is 4.58. The molecule has 3 aliphatic rings. The van der Waals surface area contributed by atoms with E-state index in [9.17, 15) is 35.8 Å². The molecule has 2 heterocycles. The van der Waals surface area contributed by atoms with Gasteiger partial charge in [0.25, 0.3) is 20.2 Å². The summed E-state index contributed by atoms with van der Waals surface area (Å²) in [6.07, 6.45) is 9.89. The van der Waals surface area contributed by atoms with E-state index in [4.69, 9.17) is 13.9 Å². The molecule has 0 saturated heterocycles. The van der Waals surface area contributed by atoms with Crippen LogP contribution in [0.2, 0.25) is 0 Å². The number of carboxylic acids is 1. The summed E-state index contributed by atoms with van der Waals surface area (Å²) in [5, 5.41) is 10.4. The Morgan fingerprint density at radius 2 is 1.62 bits per heavy atom. The van der Waals surface area contributed by atoms with Gasteiger partial charge in [-0.2, -0.15) is 16.8 Å². The summed E-state index contributed by atoms with van der Waals surface area (Å²) >= 11 is 0. The number of hydrogen-bond acceptors (Lipinski definition) is 9. The maximum Gasteiger partial charge on any atom is 0.303 e. The molecule has 1 atom stereocenters. The van der Waals surface area contributed by atoms with Crippen molar-refractivity contribution in [2.75, 3.05) is 57.7 Å². The van der Waals surface area contributed by atoms with Crippen molar-refractivity contribution in [2.45, 2.75) is 49.8 Å². The molecule has 0 spiro atoms. The van der Waals surface area contributed by atoms with Crippen molar-refractivity contribution < 1.29 is 49.7 Å². The SMILES string of the molecule is COCC[N+](CCOC)=c1ccc2c(/C=C/C=C/C=C3\N(CCCS(=O)(=O)O)c4ccc(S(=O)(=O)O)cc4C3(C)CCCC(=O)O)c(C)c(-c3ccccc3)oc-2c1. The predicted octanol–water partition coefficient (Wildman–Crippen LogP) is 6.44. The third kappa shape index (κ3) is 10.8. The number of hydrogen-bond donors (Lipinski definition) is 3. The van der Waals surface area contributed by atoms with Gasteiger partial charge in [0.2, 0.25) is 5.36 Å². The van der Waals surface area contributed by atoms with Crippen molar-refractivity contribution in [3.63, 3.8) is 0 Å². The fourth-order valence-electron chi connectivity index (χ4n) is 7.44. The van der Waals surface area contributed by atoms with E-state index >= 15 is 0 Å². The van der Waals surface area contributed by atoms with E-state index in [0.717, 1.165) is 33.4 Å². The zero-order chi connectivity index (χ0) is 42.1. The molecule has 0 saturated carbocycles. The number of aliphatic carboxylic acids is 1. The van der Waals surface area contributed by atoms with Crippen molar-refractivity contribution in [3.8, 4) is 22.6 Å². The molecule has 58 heavy (non-hydrogen) atoms. The first kappa shape index (κ1) is 44.2. The van der Waals surface area contributed by atoms with Gasteiger partial charge in [-0.05, 0) is 74.6 Å². The fourth-order valence-corrected chi connectivity index (χ4v) is 8.44. The quantitative estimate of drug-likeness (QED) is 0.0535. The molecular formula is C43H51N2O11S2+. The highest BCUT2D eigenvalue weighted by Crippen LogP contribution is 2.51. The van der Waals surface area contributed by atoms with Crippen LogP contribution in [0.4, 0.5) is 5.69 Å². The zero-order valence-electron chi connectivity index (χ0n) is 33.1. The molecule has 1 unspecified atom stereocenters. The van der Waals surface area contributed by atoms with Crippen LogP contribution in [-0.4, -0.2) is 89.8 Å². The van der Waals surface area contributed by atoms with Crippen LogP contribution in [0.3, 0.4) is 0 Å². The van der Waals surface area contributed by atoms with E-state index in [1.165, 1.54) is 12.1 Å². The number of anilines is 1. The minimum absolute atomic E-state index is 0.0535. The Morgan fingerprint density at radius 1 is 0.914 bits per heavy atom. The van der Waals surface area contributed by atoms with Crippen LogP contribution in [0.1, 0.15) is 49.3 Å². The minimum Gasteiger partial charge on any atom is -0.481 e. The van der Waals surface area contributed by atoms with Gasteiger partial charge in [0.15, 0.2) is 13.1 Å². The van der Waals surface area contributed by atoms with Gasteiger partial charge in [-0.25, -0.2) is 4.58 Å².